The van der Waals surface area contributed by atoms with Gasteiger partial charge in [0.15, 0.2) is 5.82 Å². The van der Waals surface area contributed by atoms with E-state index in [2.05, 4.69) is 34.5 Å². The van der Waals surface area contributed by atoms with Gasteiger partial charge in [-0.1, -0.05) is 42.8 Å². The van der Waals surface area contributed by atoms with Crippen LogP contribution in [-0.4, -0.2) is 35.6 Å². The minimum absolute atomic E-state index is 0.0168. The standard InChI is InChI=1S/C25H28N4O4/c1-3-4-17-5-9-20(10-6-17)29-16-19(13-24(29)31)25-27-22(28-33-25)14-23(30)26-15-18-7-11-21(32-2)12-8-18/h5-12,19H,3-4,13-16H2,1-2H3,(H,26,30). The van der Waals surface area contributed by atoms with Crippen molar-refractivity contribution in [2.24, 2.45) is 0 Å². The minimum Gasteiger partial charge on any atom is -0.497 e. The third kappa shape index (κ3) is 5.58. The summed E-state index contributed by atoms with van der Waals surface area (Å²) in [7, 11) is 1.61. The van der Waals surface area contributed by atoms with Gasteiger partial charge in [0, 0.05) is 25.2 Å². The number of carbonyl (C=O) groups is 2. The van der Waals surface area contributed by atoms with E-state index >= 15 is 0 Å². The van der Waals surface area contributed by atoms with Crippen LogP contribution in [0.3, 0.4) is 0 Å². The number of methoxy groups -OCH3 is 1. The minimum atomic E-state index is -0.200. The molecule has 1 N–H and O–H groups in total. The molecule has 8 heteroatoms. The number of aromatic nitrogens is 2. The average molecular weight is 449 g/mol. The molecule has 1 aromatic heterocycles. The van der Waals surface area contributed by atoms with E-state index in [1.807, 2.05) is 36.4 Å². The molecular formula is C25H28N4O4. The molecular weight excluding hydrogens is 420 g/mol. The van der Waals surface area contributed by atoms with Crippen molar-refractivity contribution >= 4 is 17.5 Å². The van der Waals surface area contributed by atoms with Gasteiger partial charge >= 0.3 is 0 Å². The first-order valence-corrected chi connectivity index (χ1v) is 11.2. The Morgan fingerprint density at radius 3 is 2.58 bits per heavy atom. The van der Waals surface area contributed by atoms with E-state index in [4.69, 9.17) is 9.26 Å². The largest absolute Gasteiger partial charge is 0.497 e. The fourth-order valence-electron chi connectivity index (χ4n) is 3.91. The normalized spacial score (nSPS) is 15.6. The summed E-state index contributed by atoms with van der Waals surface area (Å²) in [4.78, 5) is 31.0. The van der Waals surface area contributed by atoms with Crippen LogP contribution >= 0.6 is 0 Å². The Morgan fingerprint density at radius 1 is 1.15 bits per heavy atom. The Bertz CT molecular complexity index is 1090. The number of rotatable bonds is 9. The lowest BCUT2D eigenvalue weighted by Gasteiger charge is -2.16. The van der Waals surface area contributed by atoms with Gasteiger partial charge in [0.2, 0.25) is 17.7 Å². The van der Waals surface area contributed by atoms with Gasteiger partial charge in [-0.05, 0) is 41.8 Å². The number of hydrogen-bond acceptors (Lipinski definition) is 6. The molecule has 3 aromatic rings. The fraction of sp³-hybridized carbons (Fsp3) is 0.360. The van der Waals surface area contributed by atoms with Crippen LogP contribution in [0, 0.1) is 0 Å². The zero-order valence-corrected chi connectivity index (χ0v) is 18.9. The van der Waals surface area contributed by atoms with Gasteiger partial charge in [0.1, 0.15) is 5.75 Å². The second kappa shape index (κ2) is 10.3. The summed E-state index contributed by atoms with van der Waals surface area (Å²) in [6.07, 6.45) is 2.43. The van der Waals surface area contributed by atoms with Crippen LogP contribution in [0.15, 0.2) is 53.1 Å². The molecule has 1 aliphatic heterocycles. The summed E-state index contributed by atoms with van der Waals surface area (Å²) >= 11 is 0. The number of aryl methyl sites for hydroxylation is 1. The summed E-state index contributed by atoms with van der Waals surface area (Å²) in [5.41, 5.74) is 3.10. The Balaban J connectivity index is 1.31. The molecule has 1 unspecified atom stereocenters. The lowest BCUT2D eigenvalue weighted by molar-refractivity contribution is -0.120. The van der Waals surface area contributed by atoms with Gasteiger partial charge in [0.25, 0.3) is 0 Å². The SMILES string of the molecule is CCCc1ccc(N2CC(c3nc(CC(=O)NCc4ccc(OC)cc4)no3)CC2=O)cc1. The number of ether oxygens (including phenoxy) is 1. The molecule has 2 amide bonds. The molecule has 0 spiro atoms. The molecule has 0 bridgehead atoms. The summed E-state index contributed by atoms with van der Waals surface area (Å²) in [5.74, 6) is 1.12. The molecule has 4 rings (SSSR count). The van der Waals surface area contributed by atoms with Crippen LogP contribution in [-0.2, 0) is 29.0 Å². The van der Waals surface area contributed by atoms with Crippen LogP contribution < -0.4 is 15.0 Å². The maximum atomic E-state index is 12.6. The van der Waals surface area contributed by atoms with E-state index < -0.39 is 0 Å². The first-order chi connectivity index (χ1) is 16.1. The van der Waals surface area contributed by atoms with E-state index in [0.717, 1.165) is 29.8 Å². The average Bonchev–Trinajstić information content (AvgIpc) is 3.45. The lowest BCUT2D eigenvalue weighted by atomic mass is 10.1. The van der Waals surface area contributed by atoms with Crippen LogP contribution in [0.25, 0.3) is 0 Å². The van der Waals surface area contributed by atoms with E-state index in [1.54, 1.807) is 12.0 Å². The highest BCUT2D eigenvalue weighted by Gasteiger charge is 2.35. The monoisotopic (exact) mass is 448 g/mol. The first kappa shape index (κ1) is 22.5. The molecule has 172 valence electrons. The molecule has 8 nitrogen and oxygen atoms in total. The van der Waals surface area contributed by atoms with E-state index in [-0.39, 0.29) is 24.2 Å². The zero-order chi connectivity index (χ0) is 23.2. The number of anilines is 1. The van der Waals surface area contributed by atoms with Crippen molar-refractivity contribution in [3.63, 3.8) is 0 Å². The molecule has 1 aliphatic rings. The highest BCUT2D eigenvalue weighted by Crippen LogP contribution is 2.31. The maximum Gasteiger partial charge on any atom is 0.232 e. The number of carbonyl (C=O) groups excluding carboxylic acids is 2. The highest BCUT2D eigenvalue weighted by atomic mass is 16.5. The molecule has 2 heterocycles. The number of hydrogen-bond donors (Lipinski definition) is 1. The lowest BCUT2D eigenvalue weighted by Crippen LogP contribution is -2.25. The number of nitrogens with one attached hydrogen (secondary N) is 1. The Hall–Kier alpha value is -3.68. The summed E-state index contributed by atoms with van der Waals surface area (Å²) in [5, 5.41) is 6.79. The second-order valence-corrected chi connectivity index (χ2v) is 8.17. The van der Waals surface area contributed by atoms with Crippen LogP contribution in [0.2, 0.25) is 0 Å². The van der Waals surface area contributed by atoms with Crippen LogP contribution in [0.4, 0.5) is 5.69 Å². The second-order valence-electron chi connectivity index (χ2n) is 8.17. The molecule has 33 heavy (non-hydrogen) atoms. The van der Waals surface area contributed by atoms with Gasteiger partial charge in [-0.15, -0.1) is 0 Å². The van der Waals surface area contributed by atoms with Gasteiger partial charge in [-0.25, -0.2) is 0 Å². The molecule has 1 saturated heterocycles. The zero-order valence-electron chi connectivity index (χ0n) is 18.9. The Morgan fingerprint density at radius 2 is 1.88 bits per heavy atom. The number of amides is 2. The third-order valence-corrected chi connectivity index (χ3v) is 5.71. The van der Waals surface area contributed by atoms with Crippen molar-refractivity contribution in [3.8, 4) is 5.75 Å². The Labute approximate surface area is 192 Å². The molecule has 0 radical (unpaired) electrons. The van der Waals surface area contributed by atoms with Gasteiger partial charge < -0.3 is 19.5 Å². The van der Waals surface area contributed by atoms with Crippen molar-refractivity contribution in [2.75, 3.05) is 18.6 Å². The predicted molar refractivity (Wildman–Crippen MR) is 123 cm³/mol. The summed E-state index contributed by atoms with van der Waals surface area (Å²) in [6, 6.07) is 15.6. The van der Waals surface area contributed by atoms with Crippen LogP contribution in [0.1, 0.15) is 48.5 Å². The van der Waals surface area contributed by atoms with E-state index in [1.165, 1.54) is 5.56 Å². The van der Waals surface area contributed by atoms with Crippen molar-refractivity contribution in [3.05, 3.63) is 71.4 Å². The van der Waals surface area contributed by atoms with Gasteiger partial charge in [0.05, 0.1) is 19.4 Å². The van der Waals surface area contributed by atoms with Crippen molar-refractivity contribution in [1.82, 2.24) is 15.5 Å². The smallest absolute Gasteiger partial charge is 0.232 e. The summed E-state index contributed by atoms with van der Waals surface area (Å²) in [6.45, 7) is 3.03. The fourth-order valence-corrected chi connectivity index (χ4v) is 3.91. The molecule has 0 saturated carbocycles. The maximum absolute atomic E-state index is 12.6. The molecule has 1 atom stereocenters. The van der Waals surface area contributed by atoms with E-state index in [0.29, 0.717) is 31.2 Å². The van der Waals surface area contributed by atoms with Crippen molar-refractivity contribution in [2.45, 2.75) is 45.1 Å². The highest BCUT2D eigenvalue weighted by molar-refractivity contribution is 5.96. The van der Waals surface area contributed by atoms with E-state index in [9.17, 15) is 9.59 Å². The topological polar surface area (TPSA) is 97.6 Å². The third-order valence-electron chi connectivity index (χ3n) is 5.71. The molecule has 0 aliphatic carbocycles. The first-order valence-electron chi connectivity index (χ1n) is 11.2. The quantitative estimate of drug-likeness (QED) is 0.539. The van der Waals surface area contributed by atoms with Crippen LogP contribution in [0.5, 0.6) is 5.75 Å². The summed E-state index contributed by atoms with van der Waals surface area (Å²) < 4.78 is 10.5. The molecule has 1 fully saturated rings. The van der Waals surface area contributed by atoms with Gasteiger partial charge in [-0.3, -0.25) is 9.59 Å². The van der Waals surface area contributed by atoms with Crippen molar-refractivity contribution in [1.29, 1.82) is 0 Å². The Kier molecular flexibility index (Phi) is 7.02. The molecule has 2 aromatic carbocycles. The van der Waals surface area contributed by atoms with Crippen molar-refractivity contribution < 1.29 is 18.8 Å². The van der Waals surface area contributed by atoms with Gasteiger partial charge in [-0.2, -0.15) is 4.98 Å². The number of nitrogens with zero attached hydrogens (tertiary/aromatic N) is 3. The number of benzene rings is 2. The predicted octanol–water partition coefficient (Wildman–Crippen LogP) is 3.41.